The molecule has 31 heavy (non-hydrogen) atoms. The summed E-state index contributed by atoms with van der Waals surface area (Å²) in [5.74, 6) is 1.69. The summed E-state index contributed by atoms with van der Waals surface area (Å²) in [4.78, 5) is 17.4. The molecule has 0 bridgehead atoms. The first-order valence-electron chi connectivity index (χ1n) is 11.9. The van der Waals surface area contributed by atoms with Gasteiger partial charge in [0.2, 0.25) is 0 Å². The van der Waals surface area contributed by atoms with Crippen molar-refractivity contribution in [2.24, 2.45) is 5.92 Å². The van der Waals surface area contributed by atoms with E-state index in [1.54, 1.807) is 0 Å². The average molecular weight is 421 g/mol. The van der Waals surface area contributed by atoms with Crippen LogP contribution in [0.4, 0.5) is 0 Å². The van der Waals surface area contributed by atoms with Crippen LogP contribution in [0.5, 0.6) is 5.75 Å². The lowest BCUT2D eigenvalue weighted by molar-refractivity contribution is 0.0719. The number of hydrogen-bond acceptors (Lipinski definition) is 3. The fourth-order valence-electron chi connectivity index (χ4n) is 4.49. The minimum Gasteiger partial charge on any atom is -0.493 e. The molecule has 1 saturated carbocycles. The molecule has 0 radical (unpaired) electrons. The summed E-state index contributed by atoms with van der Waals surface area (Å²) in [7, 11) is 1.95. The first kappa shape index (κ1) is 21.9. The molecule has 0 saturated heterocycles. The van der Waals surface area contributed by atoms with Gasteiger partial charge in [-0.2, -0.15) is 0 Å². The van der Waals surface area contributed by atoms with E-state index >= 15 is 0 Å². The van der Waals surface area contributed by atoms with E-state index in [-0.39, 0.29) is 11.9 Å². The molecule has 0 N–H and O–H groups in total. The maximum Gasteiger partial charge on any atom is 0.253 e. The number of amides is 1. The van der Waals surface area contributed by atoms with Gasteiger partial charge in [-0.25, -0.2) is 0 Å². The second kappa shape index (κ2) is 9.86. The largest absolute Gasteiger partial charge is 0.493 e. The summed E-state index contributed by atoms with van der Waals surface area (Å²) in [6.45, 7) is 8.41. The Balaban J connectivity index is 1.36. The second-order valence-electron chi connectivity index (χ2n) is 9.16. The minimum atomic E-state index is 0.0975. The van der Waals surface area contributed by atoms with E-state index in [4.69, 9.17) is 4.74 Å². The van der Waals surface area contributed by atoms with Gasteiger partial charge in [-0.15, -0.1) is 0 Å². The molecule has 4 rings (SSSR count). The zero-order chi connectivity index (χ0) is 21.8. The third kappa shape index (κ3) is 5.48. The standard InChI is InChI=1S/C27H36N2O2/c1-4-29(5-2)18-21-8-9-24-17-25(13-10-23(24)16-21)28(3)27(30)22-11-14-26(15-12-22)31-19-20-6-7-20/h8-9,11-12,14-16,20,25H,4-7,10,13,17-19H2,1-3H3. The summed E-state index contributed by atoms with van der Waals surface area (Å²) >= 11 is 0. The summed E-state index contributed by atoms with van der Waals surface area (Å²) in [6, 6.07) is 14.8. The summed E-state index contributed by atoms with van der Waals surface area (Å²) < 4.78 is 5.80. The predicted molar refractivity (Wildman–Crippen MR) is 126 cm³/mol. The maximum absolute atomic E-state index is 13.1. The van der Waals surface area contributed by atoms with Crippen LogP contribution >= 0.6 is 0 Å². The highest BCUT2D eigenvalue weighted by Gasteiger charge is 2.26. The average Bonchev–Trinajstić information content (AvgIpc) is 3.65. The Labute approximate surface area is 187 Å². The fourth-order valence-corrected chi connectivity index (χ4v) is 4.49. The Kier molecular flexibility index (Phi) is 6.96. The Morgan fingerprint density at radius 1 is 1.00 bits per heavy atom. The third-order valence-electron chi connectivity index (χ3n) is 6.93. The Hall–Kier alpha value is -2.33. The number of fused-ring (bicyclic) bond motifs is 1. The summed E-state index contributed by atoms with van der Waals surface area (Å²) in [5, 5.41) is 0. The molecule has 2 aromatic rings. The van der Waals surface area contributed by atoms with E-state index in [0.29, 0.717) is 0 Å². The van der Waals surface area contributed by atoms with E-state index in [1.165, 1.54) is 29.5 Å². The smallest absolute Gasteiger partial charge is 0.253 e. The quantitative estimate of drug-likeness (QED) is 0.576. The molecule has 2 aliphatic rings. The highest BCUT2D eigenvalue weighted by atomic mass is 16.5. The predicted octanol–water partition coefficient (Wildman–Crippen LogP) is 4.95. The first-order chi connectivity index (χ1) is 15.1. The number of carbonyl (C=O) groups is 1. The molecular weight excluding hydrogens is 384 g/mol. The zero-order valence-corrected chi connectivity index (χ0v) is 19.3. The molecule has 4 nitrogen and oxygen atoms in total. The minimum absolute atomic E-state index is 0.0975. The van der Waals surface area contributed by atoms with Crippen molar-refractivity contribution in [3.05, 3.63) is 64.7 Å². The van der Waals surface area contributed by atoms with Crippen LogP contribution in [0, 0.1) is 5.92 Å². The van der Waals surface area contributed by atoms with Crippen molar-refractivity contribution in [1.82, 2.24) is 9.80 Å². The van der Waals surface area contributed by atoms with Gasteiger partial charge in [0, 0.05) is 25.2 Å². The molecule has 166 valence electrons. The van der Waals surface area contributed by atoms with Gasteiger partial charge in [0.25, 0.3) is 5.91 Å². The van der Waals surface area contributed by atoms with E-state index in [0.717, 1.165) is 62.7 Å². The van der Waals surface area contributed by atoms with Crippen molar-refractivity contribution in [3.63, 3.8) is 0 Å². The molecule has 0 heterocycles. The molecule has 4 heteroatoms. The van der Waals surface area contributed by atoms with Crippen LogP contribution in [-0.4, -0.2) is 48.5 Å². The van der Waals surface area contributed by atoms with Crippen LogP contribution in [0.1, 0.15) is 60.2 Å². The van der Waals surface area contributed by atoms with Crippen molar-refractivity contribution in [2.75, 3.05) is 26.7 Å². The van der Waals surface area contributed by atoms with E-state index in [9.17, 15) is 4.79 Å². The van der Waals surface area contributed by atoms with Crippen LogP contribution in [0.15, 0.2) is 42.5 Å². The van der Waals surface area contributed by atoms with Gasteiger partial charge in [0.05, 0.1) is 6.61 Å². The number of rotatable bonds is 9. The van der Waals surface area contributed by atoms with Gasteiger partial charge < -0.3 is 9.64 Å². The van der Waals surface area contributed by atoms with Crippen LogP contribution in [0.25, 0.3) is 0 Å². The lowest BCUT2D eigenvalue weighted by Gasteiger charge is -2.33. The van der Waals surface area contributed by atoms with E-state index in [2.05, 4.69) is 36.9 Å². The lowest BCUT2D eigenvalue weighted by Crippen LogP contribution is -2.40. The topological polar surface area (TPSA) is 32.8 Å². The summed E-state index contributed by atoms with van der Waals surface area (Å²) in [5.41, 5.74) is 4.98. The van der Waals surface area contributed by atoms with Gasteiger partial charge in [-0.1, -0.05) is 32.0 Å². The van der Waals surface area contributed by atoms with Gasteiger partial charge in [-0.3, -0.25) is 9.69 Å². The molecular formula is C27H36N2O2. The third-order valence-corrected chi connectivity index (χ3v) is 6.93. The number of aryl methyl sites for hydroxylation is 1. The van der Waals surface area contributed by atoms with Crippen LogP contribution < -0.4 is 4.74 Å². The first-order valence-corrected chi connectivity index (χ1v) is 11.9. The highest BCUT2D eigenvalue weighted by Crippen LogP contribution is 2.30. The molecule has 0 aromatic heterocycles. The number of ether oxygens (including phenoxy) is 1. The van der Waals surface area contributed by atoms with Crippen molar-refractivity contribution < 1.29 is 9.53 Å². The molecule has 1 amide bonds. The second-order valence-corrected chi connectivity index (χ2v) is 9.16. The number of nitrogens with zero attached hydrogens (tertiary/aromatic N) is 2. The number of likely N-dealkylation sites (N-methyl/N-ethyl adjacent to an activating group) is 1. The molecule has 1 unspecified atom stereocenters. The van der Waals surface area contributed by atoms with Crippen molar-refractivity contribution in [1.29, 1.82) is 0 Å². The molecule has 2 aliphatic carbocycles. The lowest BCUT2D eigenvalue weighted by atomic mass is 9.86. The van der Waals surface area contributed by atoms with Gasteiger partial charge >= 0.3 is 0 Å². The SMILES string of the molecule is CCN(CC)Cc1ccc2c(c1)CCC(N(C)C(=O)c1ccc(OCC3CC3)cc1)C2. The highest BCUT2D eigenvalue weighted by molar-refractivity contribution is 5.94. The fraction of sp³-hybridized carbons (Fsp3) is 0.519. The normalized spacial score (nSPS) is 18.0. The number of hydrogen-bond donors (Lipinski definition) is 0. The van der Waals surface area contributed by atoms with Crippen molar-refractivity contribution >= 4 is 5.91 Å². The molecule has 0 spiro atoms. The maximum atomic E-state index is 13.1. The Morgan fingerprint density at radius 3 is 2.42 bits per heavy atom. The van der Waals surface area contributed by atoms with Crippen LogP contribution in [-0.2, 0) is 19.4 Å². The van der Waals surface area contributed by atoms with Crippen LogP contribution in [0.2, 0.25) is 0 Å². The molecule has 0 aliphatic heterocycles. The van der Waals surface area contributed by atoms with Gasteiger partial charge in [0.1, 0.15) is 5.75 Å². The zero-order valence-electron chi connectivity index (χ0n) is 19.3. The molecule has 1 fully saturated rings. The summed E-state index contributed by atoms with van der Waals surface area (Å²) in [6.07, 6.45) is 5.56. The van der Waals surface area contributed by atoms with Gasteiger partial charge in [0.15, 0.2) is 0 Å². The van der Waals surface area contributed by atoms with Crippen molar-refractivity contribution in [2.45, 2.75) is 58.5 Å². The van der Waals surface area contributed by atoms with E-state index in [1.807, 2.05) is 36.2 Å². The molecule has 2 aromatic carbocycles. The van der Waals surface area contributed by atoms with E-state index < -0.39 is 0 Å². The number of carbonyl (C=O) groups excluding carboxylic acids is 1. The Bertz CT molecular complexity index is 885. The monoisotopic (exact) mass is 420 g/mol. The Morgan fingerprint density at radius 2 is 1.74 bits per heavy atom. The van der Waals surface area contributed by atoms with Crippen molar-refractivity contribution in [3.8, 4) is 5.75 Å². The van der Waals surface area contributed by atoms with Gasteiger partial charge in [-0.05, 0) is 92.1 Å². The number of benzene rings is 2. The van der Waals surface area contributed by atoms with Crippen LogP contribution in [0.3, 0.4) is 0 Å². The molecule has 1 atom stereocenters.